The molecule has 3 atom stereocenters. The fourth-order valence-corrected chi connectivity index (χ4v) is 4.40. The minimum absolute atomic E-state index is 0.216. The zero-order chi connectivity index (χ0) is 14.4. The fraction of sp³-hybridized carbons (Fsp3) is 0.706. The van der Waals surface area contributed by atoms with E-state index in [0.29, 0.717) is 23.9 Å². The van der Waals surface area contributed by atoms with Crippen molar-refractivity contribution < 1.29 is 4.79 Å². The smallest absolute Gasteiger partial charge is 0.270 e. The molecule has 114 valence electrons. The Kier molecular flexibility index (Phi) is 3.29. The number of hydrogen-bond donors (Lipinski definition) is 1. The summed E-state index contributed by atoms with van der Waals surface area (Å²) in [6, 6.07) is 4.84. The summed E-state index contributed by atoms with van der Waals surface area (Å²) in [7, 11) is 0. The molecule has 4 nitrogen and oxygen atoms in total. The number of carbonyl (C=O) groups is 1. The van der Waals surface area contributed by atoms with Gasteiger partial charge in [0.1, 0.15) is 5.69 Å². The molecule has 4 heteroatoms. The highest BCUT2D eigenvalue weighted by atomic mass is 16.2. The molecule has 3 unspecified atom stereocenters. The molecule has 2 N–H and O–H groups in total. The Morgan fingerprint density at radius 3 is 2.67 bits per heavy atom. The molecule has 3 fully saturated rings. The number of fused-ring (bicyclic) bond motifs is 1. The van der Waals surface area contributed by atoms with Crippen LogP contribution < -0.4 is 5.73 Å². The summed E-state index contributed by atoms with van der Waals surface area (Å²) in [5, 5.41) is 0. The molecule has 2 heterocycles. The minimum atomic E-state index is 0.216. The summed E-state index contributed by atoms with van der Waals surface area (Å²) in [6.45, 7) is 1.77. The molecule has 3 aliphatic rings. The molecule has 1 aromatic heterocycles. The van der Waals surface area contributed by atoms with Gasteiger partial charge in [-0.1, -0.05) is 6.42 Å². The van der Waals surface area contributed by atoms with Crippen molar-refractivity contribution in [3.8, 4) is 0 Å². The van der Waals surface area contributed by atoms with E-state index in [9.17, 15) is 4.79 Å². The third-order valence-corrected chi connectivity index (χ3v) is 5.91. The van der Waals surface area contributed by atoms with Gasteiger partial charge in [0, 0.05) is 31.4 Å². The van der Waals surface area contributed by atoms with Gasteiger partial charge in [-0.15, -0.1) is 0 Å². The van der Waals surface area contributed by atoms with E-state index in [2.05, 4.69) is 15.7 Å². The second-order valence-electron chi connectivity index (χ2n) is 7.11. The fourth-order valence-electron chi connectivity index (χ4n) is 4.40. The maximum absolute atomic E-state index is 12.9. The van der Waals surface area contributed by atoms with Crippen molar-refractivity contribution in [1.29, 1.82) is 0 Å². The van der Waals surface area contributed by atoms with Crippen LogP contribution in [0.4, 0.5) is 0 Å². The first-order valence-electron chi connectivity index (χ1n) is 8.46. The van der Waals surface area contributed by atoms with Crippen molar-refractivity contribution in [2.45, 2.75) is 50.6 Å². The van der Waals surface area contributed by atoms with Crippen LogP contribution in [0.25, 0.3) is 0 Å². The molecule has 2 aliphatic carbocycles. The quantitative estimate of drug-likeness (QED) is 0.908. The summed E-state index contributed by atoms with van der Waals surface area (Å²) < 4.78 is 2.20. The molecule has 21 heavy (non-hydrogen) atoms. The predicted octanol–water partition coefficient (Wildman–Crippen LogP) is 2.41. The molecular weight excluding hydrogens is 262 g/mol. The second-order valence-corrected chi connectivity index (χ2v) is 7.11. The molecule has 1 aliphatic heterocycles. The van der Waals surface area contributed by atoms with Gasteiger partial charge in [-0.25, -0.2) is 0 Å². The van der Waals surface area contributed by atoms with E-state index >= 15 is 0 Å². The van der Waals surface area contributed by atoms with Gasteiger partial charge in [-0.05, 0) is 56.1 Å². The third-order valence-electron chi connectivity index (χ3n) is 5.91. The number of likely N-dealkylation sites (tertiary alicyclic amines) is 1. The van der Waals surface area contributed by atoms with Crippen molar-refractivity contribution in [1.82, 2.24) is 9.47 Å². The van der Waals surface area contributed by atoms with Gasteiger partial charge in [0.25, 0.3) is 5.91 Å². The normalized spacial score (nSPS) is 32.8. The Balaban J connectivity index is 1.52. The minimum Gasteiger partial charge on any atom is -0.340 e. The van der Waals surface area contributed by atoms with Crippen molar-refractivity contribution >= 4 is 5.91 Å². The van der Waals surface area contributed by atoms with Crippen LogP contribution in [-0.4, -0.2) is 34.5 Å². The molecule has 0 spiro atoms. The van der Waals surface area contributed by atoms with E-state index in [1.807, 2.05) is 12.1 Å². The van der Waals surface area contributed by atoms with E-state index in [0.717, 1.165) is 25.2 Å². The van der Waals surface area contributed by atoms with Crippen LogP contribution in [0.3, 0.4) is 0 Å². The van der Waals surface area contributed by atoms with Gasteiger partial charge in [-0.3, -0.25) is 4.79 Å². The first kappa shape index (κ1) is 13.4. The Bertz CT molecular complexity index is 534. The number of rotatable bonds is 2. The predicted molar refractivity (Wildman–Crippen MR) is 82.0 cm³/mol. The van der Waals surface area contributed by atoms with Gasteiger partial charge < -0.3 is 15.2 Å². The van der Waals surface area contributed by atoms with E-state index in [1.54, 1.807) is 0 Å². The molecule has 2 saturated carbocycles. The summed E-state index contributed by atoms with van der Waals surface area (Å²) in [4.78, 5) is 14.9. The van der Waals surface area contributed by atoms with Crippen molar-refractivity contribution in [2.75, 3.05) is 13.1 Å². The van der Waals surface area contributed by atoms with Gasteiger partial charge in [0.2, 0.25) is 0 Å². The van der Waals surface area contributed by atoms with Gasteiger partial charge >= 0.3 is 0 Å². The highest BCUT2D eigenvalue weighted by molar-refractivity contribution is 5.93. The van der Waals surface area contributed by atoms with Crippen LogP contribution in [0.1, 0.15) is 55.1 Å². The van der Waals surface area contributed by atoms with Gasteiger partial charge in [0.05, 0.1) is 0 Å². The number of aromatic nitrogens is 1. The lowest BCUT2D eigenvalue weighted by Gasteiger charge is -2.30. The van der Waals surface area contributed by atoms with Crippen LogP contribution in [0, 0.1) is 11.8 Å². The molecule has 0 bridgehead atoms. The average Bonchev–Trinajstić information content (AvgIpc) is 3.03. The Morgan fingerprint density at radius 1 is 1.14 bits per heavy atom. The number of amides is 1. The van der Waals surface area contributed by atoms with E-state index in [1.165, 1.54) is 32.1 Å². The van der Waals surface area contributed by atoms with E-state index in [-0.39, 0.29) is 5.91 Å². The summed E-state index contributed by atoms with van der Waals surface area (Å²) >= 11 is 0. The van der Waals surface area contributed by atoms with E-state index in [4.69, 9.17) is 5.73 Å². The molecule has 4 rings (SSSR count). The molecule has 1 saturated heterocycles. The zero-order valence-corrected chi connectivity index (χ0v) is 12.6. The maximum atomic E-state index is 12.9. The molecular formula is C17H25N3O. The third kappa shape index (κ3) is 2.20. The molecule has 1 amide bonds. The van der Waals surface area contributed by atoms with Crippen LogP contribution in [0.5, 0.6) is 0 Å². The van der Waals surface area contributed by atoms with Crippen LogP contribution in [0.15, 0.2) is 18.3 Å². The number of hydrogen-bond acceptors (Lipinski definition) is 2. The van der Waals surface area contributed by atoms with Crippen molar-refractivity contribution in [2.24, 2.45) is 17.6 Å². The highest BCUT2D eigenvalue weighted by Gasteiger charge is 2.41. The van der Waals surface area contributed by atoms with Gasteiger partial charge in [0.15, 0.2) is 0 Å². The first-order valence-corrected chi connectivity index (χ1v) is 8.46. The Labute approximate surface area is 126 Å². The van der Waals surface area contributed by atoms with Crippen molar-refractivity contribution in [3.05, 3.63) is 24.0 Å². The lowest BCUT2D eigenvalue weighted by molar-refractivity contribution is 0.0766. The highest BCUT2D eigenvalue weighted by Crippen LogP contribution is 2.37. The standard InChI is InChI=1S/C17H25N3O/c18-15-7-1-4-12-10-19(11-14(12)15)17(21)16-8-3-9-20(16)13-5-2-6-13/h3,8-9,12-15H,1-2,4-7,10-11,18H2. The van der Waals surface area contributed by atoms with E-state index < -0.39 is 0 Å². The van der Waals surface area contributed by atoms with Crippen LogP contribution >= 0.6 is 0 Å². The van der Waals surface area contributed by atoms with Gasteiger partial charge in [-0.2, -0.15) is 0 Å². The SMILES string of the molecule is NC1CCCC2CN(C(=O)c3cccn3C3CCC3)CC12. The Hall–Kier alpha value is -1.29. The number of nitrogens with two attached hydrogens (primary N) is 1. The van der Waals surface area contributed by atoms with Crippen LogP contribution in [0.2, 0.25) is 0 Å². The second kappa shape index (κ2) is 5.16. The topological polar surface area (TPSA) is 51.3 Å². The Morgan fingerprint density at radius 2 is 1.95 bits per heavy atom. The molecule has 0 aromatic carbocycles. The zero-order valence-electron chi connectivity index (χ0n) is 12.6. The molecule has 0 radical (unpaired) electrons. The van der Waals surface area contributed by atoms with Crippen LogP contribution in [-0.2, 0) is 0 Å². The lowest BCUT2D eigenvalue weighted by Crippen LogP contribution is -2.38. The number of nitrogens with zero attached hydrogens (tertiary/aromatic N) is 2. The summed E-state index contributed by atoms with van der Waals surface area (Å²) in [6.07, 6.45) is 9.39. The average molecular weight is 287 g/mol. The monoisotopic (exact) mass is 287 g/mol. The first-order chi connectivity index (χ1) is 10.2. The largest absolute Gasteiger partial charge is 0.340 e. The number of carbonyl (C=O) groups excluding carboxylic acids is 1. The summed E-state index contributed by atoms with van der Waals surface area (Å²) in [5.74, 6) is 1.37. The molecule has 1 aromatic rings. The lowest BCUT2D eigenvalue weighted by atomic mass is 9.78. The summed E-state index contributed by atoms with van der Waals surface area (Å²) in [5.41, 5.74) is 7.15. The maximum Gasteiger partial charge on any atom is 0.270 e. The van der Waals surface area contributed by atoms with Crippen molar-refractivity contribution in [3.63, 3.8) is 0 Å².